The number of benzene rings is 3. The second-order valence-electron chi connectivity index (χ2n) is 5.88. The maximum absolute atomic E-state index is 13.2. The van der Waals surface area contributed by atoms with Gasteiger partial charge in [0.2, 0.25) is 5.78 Å². The molecule has 0 fully saturated rings. The van der Waals surface area contributed by atoms with Crippen LogP contribution in [-0.2, 0) is 0 Å². The lowest BCUT2D eigenvalue weighted by Gasteiger charge is -2.06. The van der Waals surface area contributed by atoms with Crippen LogP contribution in [-0.4, -0.2) is 16.5 Å². The predicted octanol–water partition coefficient (Wildman–Crippen LogP) is 5.83. The minimum atomic E-state index is -0.120. The number of aliphatic imine (C=N–C) groups is 1. The third kappa shape index (κ3) is 3.17. The number of hydrogen-bond acceptors (Lipinski definition) is 2. The monoisotopic (exact) mass is 358 g/mol. The molecule has 0 unspecified atom stereocenters. The third-order valence-electron chi connectivity index (χ3n) is 4.16. The van der Waals surface area contributed by atoms with Crippen LogP contribution >= 0.6 is 11.6 Å². The lowest BCUT2D eigenvalue weighted by molar-refractivity contribution is 0.106. The largest absolute Gasteiger partial charge is 0.360 e. The Morgan fingerprint density at radius 3 is 2.31 bits per heavy atom. The van der Waals surface area contributed by atoms with Crippen LogP contribution < -0.4 is 0 Å². The van der Waals surface area contributed by atoms with E-state index in [1.807, 2.05) is 48.7 Å². The summed E-state index contributed by atoms with van der Waals surface area (Å²) in [4.78, 5) is 21.1. The number of nitrogens with zero attached hydrogens (tertiary/aromatic N) is 1. The van der Waals surface area contributed by atoms with Crippen molar-refractivity contribution in [1.82, 2.24) is 4.98 Å². The summed E-state index contributed by atoms with van der Waals surface area (Å²) < 4.78 is 0. The molecule has 0 aliphatic heterocycles. The van der Waals surface area contributed by atoms with E-state index in [0.29, 0.717) is 22.0 Å². The van der Waals surface area contributed by atoms with Crippen molar-refractivity contribution in [2.24, 2.45) is 4.99 Å². The summed E-state index contributed by atoms with van der Waals surface area (Å²) in [6, 6.07) is 24.2. The molecule has 3 nitrogen and oxygen atoms in total. The van der Waals surface area contributed by atoms with Gasteiger partial charge < -0.3 is 4.98 Å². The lowest BCUT2D eigenvalue weighted by Crippen LogP contribution is -2.15. The average molecular weight is 359 g/mol. The van der Waals surface area contributed by atoms with Crippen LogP contribution in [0, 0.1) is 0 Å². The molecule has 0 saturated carbocycles. The second kappa shape index (κ2) is 6.98. The van der Waals surface area contributed by atoms with Gasteiger partial charge in [-0.05, 0) is 30.3 Å². The highest BCUT2D eigenvalue weighted by Crippen LogP contribution is 2.24. The Labute approximate surface area is 156 Å². The van der Waals surface area contributed by atoms with Gasteiger partial charge >= 0.3 is 0 Å². The van der Waals surface area contributed by atoms with Gasteiger partial charge in [-0.3, -0.25) is 4.79 Å². The number of aromatic amines is 1. The summed E-state index contributed by atoms with van der Waals surface area (Å²) in [5.74, 6) is -0.120. The van der Waals surface area contributed by atoms with E-state index in [4.69, 9.17) is 11.6 Å². The summed E-state index contributed by atoms with van der Waals surface area (Å²) in [6.07, 6.45) is 1.83. The predicted molar refractivity (Wildman–Crippen MR) is 107 cm³/mol. The summed E-state index contributed by atoms with van der Waals surface area (Å²) in [7, 11) is 0. The molecular formula is C22H15ClN2O. The van der Waals surface area contributed by atoms with E-state index in [2.05, 4.69) is 9.98 Å². The molecule has 26 heavy (non-hydrogen) atoms. The molecule has 0 amide bonds. The van der Waals surface area contributed by atoms with Gasteiger partial charge in [0.05, 0.1) is 5.69 Å². The van der Waals surface area contributed by atoms with Gasteiger partial charge in [0, 0.05) is 33.2 Å². The molecule has 0 atom stereocenters. The molecule has 1 heterocycles. The van der Waals surface area contributed by atoms with Crippen molar-refractivity contribution in [3.05, 3.63) is 101 Å². The van der Waals surface area contributed by atoms with Crippen LogP contribution in [0.3, 0.4) is 0 Å². The topological polar surface area (TPSA) is 45.2 Å². The zero-order valence-corrected chi connectivity index (χ0v) is 14.6. The summed E-state index contributed by atoms with van der Waals surface area (Å²) >= 11 is 5.96. The number of carbonyl (C=O) groups is 1. The van der Waals surface area contributed by atoms with E-state index in [1.54, 1.807) is 36.4 Å². The van der Waals surface area contributed by atoms with Crippen LogP contribution in [0.25, 0.3) is 10.9 Å². The molecule has 126 valence electrons. The highest BCUT2D eigenvalue weighted by Gasteiger charge is 2.19. The van der Waals surface area contributed by atoms with E-state index in [1.165, 1.54) is 0 Å². The first-order valence-corrected chi connectivity index (χ1v) is 8.61. The highest BCUT2D eigenvalue weighted by molar-refractivity contribution is 6.53. The maximum Gasteiger partial charge on any atom is 0.212 e. The van der Waals surface area contributed by atoms with Crippen molar-refractivity contribution >= 4 is 39.7 Å². The SMILES string of the molecule is O=C(C(=Nc1ccc(Cl)cc1)c1c[nH]c2ccccc12)c1ccccc1. The smallest absolute Gasteiger partial charge is 0.212 e. The van der Waals surface area contributed by atoms with Crippen LogP contribution in [0.1, 0.15) is 15.9 Å². The van der Waals surface area contributed by atoms with Crippen molar-refractivity contribution in [1.29, 1.82) is 0 Å². The molecule has 0 aliphatic rings. The Bertz CT molecular complexity index is 1100. The Morgan fingerprint density at radius 2 is 1.54 bits per heavy atom. The van der Waals surface area contributed by atoms with E-state index in [9.17, 15) is 4.79 Å². The normalized spacial score (nSPS) is 11.7. The summed E-state index contributed by atoms with van der Waals surface area (Å²) in [5.41, 5.74) is 3.43. The van der Waals surface area contributed by atoms with Crippen LogP contribution in [0.5, 0.6) is 0 Å². The Balaban J connectivity index is 1.89. The zero-order valence-electron chi connectivity index (χ0n) is 13.8. The molecule has 0 spiro atoms. The number of nitrogens with one attached hydrogen (secondary N) is 1. The van der Waals surface area contributed by atoms with Gasteiger partial charge in [0.1, 0.15) is 5.71 Å². The Kier molecular flexibility index (Phi) is 4.38. The number of halogens is 1. The van der Waals surface area contributed by atoms with Crippen molar-refractivity contribution in [2.75, 3.05) is 0 Å². The first-order valence-electron chi connectivity index (χ1n) is 8.23. The number of Topliss-reactive ketones (excluding diaryl/α,β-unsaturated/α-hetero) is 1. The highest BCUT2D eigenvalue weighted by atomic mass is 35.5. The number of para-hydroxylation sites is 1. The molecule has 3 aromatic carbocycles. The average Bonchev–Trinajstić information content (AvgIpc) is 3.12. The first kappa shape index (κ1) is 16.3. The van der Waals surface area contributed by atoms with Gasteiger partial charge in [-0.15, -0.1) is 0 Å². The van der Waals surface area contributed by atoms with Crippen LogP contribution in [0.2, 0.25) is 5.02 Å². The third-order valence-corrected chi connectivity index (χ3v) is 4.41. The fourth-order valence-corrected chi connectivity index (χ4v) is 3.00. The van der Waals surface area contributed by atoms with Crippen molar-refractivity contribution in [3.63, 3.8) is 0 Å². The minimum absolute atomic E-state index is 0.120. The molecule has 0 radical (unpaired) electrons. The molecule has 4 rings (SSSR count). The van der Waals surface area contributed by atoms with Gasteiger partial charge in [-0.25, -0.2) is 4.99 Å². The van der Waals surface area contributed by atoms with E-state index in [-0.39, 0.29) is 5.78 Å². The second-order valence-corrected chi connectivity index (χ2v) is 6.32. The lowest BCUT2D eigenvalue weighted by atomic mass is 10.00. The number of H-pyrrole nitrogens is 1. The summed E-state index contributed by atoms with van der Waals surface area (Å²) in [6.45, 7) is 0. The number of ketones is 1. The van der Waals surface area contributed by atoms with Crippen molar-refractivity contribution < 1.29 is 4.79 Å². The first-order chi connectivity index (χ1) is 12.7. The molecular weight excluding hydrogens is 344 g/mol. The molecule has 4 heteroatoms. The van der Waals surface area contributed by atoms with E-state index in [0.717, 1.165) is 16.5 Å². The number of hydrogen-bond donors (Lipinski definition) is 1. The van der Waals surface area contributed by atoms with Gasteiger partial charge in [0.15, 0.2) is 0 Å². The quantitative estimate of drug-likeness (QED) is 0.362. The Morgan fingerprint density at radius 1 is 0.846 bits per heavy atom. The fraction of sp³-hybridized carbons (Fsp3) is 0. The molecule has 1 aromatic heterocycles. The molecule has 0 aliphatic carbocycles. The molecule has 0 saturated heterocycles. The minimum Gasteiger partial charge on any atom is -0.360 e. The maximum atomic E-state index is 13.2. The van der Waals surface area contributed by atoms with Crippen molar-refractivity contribution in [3.8, 4) is 0 Å². The van der Waals surface area contributed by atoms with Crippen LogP contribution in [0.4, 0.5) is 5.69 Å². The molecule has 4 aromatic rings. The zero-order chi connectivity index (χ0) is 17.9. The number of fused-ring (bicyclic) bond motifs is 1. The molecule has 0 bridgehead atoms. The van der Waals surface area contributed by atoms with Gasteiger partial charge in [-0.1, -0.05) is 60.1 Å². The summed E-state index contributed by atoms with van der Waals surface area (Å²) in [5, 5.41) is 1.59. The number of aromatic nitrogens is 1. The molecule has 1 N–H and O–H groups in total. The van der Waals surface area contributed by atoms with E-state index < -0.39 is 0 Å². The van der Waals surface area contributed by atoms with E-state index >= 15 is 0 Å². The Hall–Kier alpha value is -3.17. The fourth-order valence-electron chi connectivity index (χ4n) is 2.87. The number of rotatable bonds is 4. The van der Waals surface area contributed by atoms with Crippen molar-refractivity contribution in [2.45, 2.75) is 0 Å². The van der Waals surface area contributed by atoms with Crippen LogP contribution in [0.15, 0.2) is 90.1 Å². The standard InChI is InChI=1S/C22H15ClN2O/c23-16-10-12-17(13-11-16)25-21(22(26)15-6-2-1-3-7-15)19-14-24-20-9-5-4-8-18(19)20/h1-14,24H. The van der Waals surface area contributed by atoms with Gasteiger partial charge in [0.25, 0.3) is 0 Å². The van der Waals surface area contributed by atoms with Gasteiger partial charge in [-0.2, -0.15) is 0 Å². The number of carbonyl (C=O) groups excluding carboxylic acids is 1.